The van der Waals surface area contributed by atoms with E-state index in [0.29, 0.717) is 0 Å². The summed E-state index contributed by atoms with van der Waals surface area (Å²) in [6.45, 7) is 19.7. The Labute approximate surface area is 283 Å². The normalized spacial score (nSPS) is 12.0. The number of anilines is 3. The standard InChI is InChI=1S/C40H44N3O.Pt/c1-38(2,3)28-23-32(37(44)33(24-28)40(7,8)9)35-26-29(39(4,5)6)25-34(42-35)27-16-15-19-31(22-27)43(30-17-11-10-12-18-30)36-20-13-14-21-41-36;/h10-21,23-26,44H,1-9H3;/q-1;. The molecule has 0 aliphatic rings. The maximum Gasteiger partial charge on any atom is 0.136 e. The summed E-state index contributed by atoms with van der Waals surface area (Å²) in [4.78, 5) is 12.0. The minimum absolute atomic E-state index is 0. The Morgan fingerprint density at radius 3 is 1.87 bits per heavy atom. The van der Waals surface area contributed by atoms with E-state index < -0.39 is 0 Å². The zero-order valence-corrected chi connectivity index (χ0v) is 30.1. The van der Waals surface area contributed by atoms with Gasteiger partial charge in [-0.15, -0.1) is 29.8 Å². The Kier molecular flexibility index (Phi) is 9.81. The Morgan fingerprint density at radius 1 is 0.644 bits per heavy atom. The summed E-state index contributed by atoms with van der Waals surface area (Å²) < 4.78 is 0. The molecular formula is C40H44N3OPt-. The number of rotatable bonds is 5. The van der Waals surface area contributed by atoms with Crippen molar-refractivity contribution >= 4 is 17.2 Å². The van der Waals surface area contributed by atoms with Crippen molar-refractivity contribution in [3.05, 3.63) is 120 Å². The summed E-state index contributed by atoms with van der Waals surface area (Å²) in [5.41, 5.74) is 7.80. The van der Waals surface area contributed by atoms with Gasteiger partial charge in [0, 0.05) is 44.1 Å². The molecule has 0 amide bonds. The molecule has 0 saturated carbocycles. The molecule has 5 rings (SSSR count). The largest absolute Gasteiger partial charge is 0.507 e. The zero-order valence-electron chi connectivity index (χ0n) is 27.8. The zero-order chi connectivity index (χ0) is 31.9. The number of hydrogen-bond acceptors (Lipinski definition) is 4. The number of pyridine rings is 2. The molecule has 4 nitrogen and oxygen atoms in total. The third-order valence-electron chi connectivity index (χ3n) is 7.94. The Balaban J connectivity index is 0.00000461. The van der Waals surface area contributed by atoms with Crippen molar-refractivity contribution < 1.29 is 26.2 Å². The first kappa shape index (κ1) is 34.1. The summed E-state index contributed by atoms with van der Waals surface area (Å²) in [6.07, 6.45) is 1.81. The van der Waals surface area contributed by atoms with Crippen LogP contribution in [0.15, 0.2) is 97.2 Å². The second-order valence-electron chi connectivity index (χ2n) is 14.6. The molecule has 0 radical (unpaired) electrons. The number of phenols is 1. The van der Waals surface area contributed by atoms with Gasteiger partial charge in [0.1, 0.15) is 11.6 Å². The van der Waals surface area contributed by atoms with Crippen LogP contribution in [-0.2, 0) is 37.3 Å². The third-order valence-corrected chi connectivity index (χ3v) is 7.94. The van der Waals surface area contributed by atoms with Gasteiger partial charge < -0.3 is 10.0 Å². The van der Waals surface area contributed by atoms with Crippen molar-refractivity contribution in [2.75, 3.05) is 4.90 Å². The molecule has 0 atom stereocenters. The van der Waals surface area contributed by atoms with Crippen molar-refractivity contribution in [2.24, 2.45) is 0 Å². The van der Waals surface area contributed by atoms with E-state index in [1.54, 1.807) is 6.20 Å². The molecule has 3 aromatic carbocycles. The molecule has 2 heterocycles. The van der Waals surface area contributed by atoms with Crippen molar-refractivity contribution in [1.82, 2.24) is 9.97 Å². The summed E-state index contributed by atoms with van der Waals surface area (Å²) in [7, 11) is 0. The van der Waals surface area contributed by atoms with Gasteiger partial charge in [-0.25, -0.2) is 4.98 Å². The van der Waals surface area contributed by atoms with Crippen LogP contribution in [0.1, 0.15) is 79.0 Å². The van der Waals surface area contributed by atoms with Crippen LogP contribution in [0.2, 0.25) is 0 Å². The fourth-order valence-corrected chi connectivity index (χ4v) is 5.27. The molecule has 0 bridgehead atoms. The minimum atomic E-state index is -0.237. The van der Waals surface area contributed by atoms with E-state index in [-0.39, 0.29) is 43.1 Å². The first-order valence-corrected chi connectivity index (χ1v) is 15.3. The van der Waals surface area contributed by atoms with Gasteiger partial charge in [-0.05, 0) is 75.2 Å². The van der Waals surface area contributed by atoms with Crippen molar-refractivity contribution in [3.8, 4) is 28.3 Å². The van der Waals surface area contributed by atoms with E-state index in [1.165, 1.54) is 5.56 Å². The number of phenolic OH excluding ortho intramolecular Hbond substituents is 1. The number of benzene rings is 3. The second kappa shape index (κ2) is 12.9. The minimum Gasteiger partial charge on any atom is -0.507 e. The molecule has 0 saturated heterocycles. The van der Waals surface area contributed by atoms with Gasteiger partial charge in [0.2, 0.25) is 0 Å². The van der Waals surface area contributed by atoms with Crippen LogP contribution < -0.4 is 4.90 Å². The van der Waals surface area contributed by atoms with Crippen molar-refractivity contribution in [3.63, 3.8) is 0 Å². The van der Waals surface area contributed by atoms with Crippen LogP contribution in [0.5, 0.6) is 5.75 Å². The molecule has 0 fully saturated rings. The van der Waals surface area contributed by atoms with Gasteiger partial charge >= 0.3 is 0 Å². The number of para-hydroxylation sites is 1. The third kappa shape index (κ3) is 7.56. The Bertz CT molecular complexity index is 1720. The van der Waals surface area contributed by atoms with Crippen LogP contribution in [0.4, 0.5) is 17.2 Å². The second-order valence-corrected chi connectivity index (χ2v) is 14.6. The molecular weight excluding hydrogens is 734 g/mol. The summed E-state index contributed by atoms with van der Waals surface area (Å²) >= 11 is 0. The van der Waals surface area contributed by atoms with Crippen LogP contribution in [0.25, 0.3) is 22.5 Å². The fraction of sp³-hybridized carbons (Fsp3) is 0.300. The first-order chi connectivity index (χ1) is 20.6. The monoisotopic (exact) mass is 777 g/mol. The van der Waals surface area contributed by atoms with Gasteiger partial charge in [-0.1, -0.05) is 98.7 Å². The van der Waals surface area contributed by atoms with Crippen LogP contribution in [-0.4, -0.2) is 15.1 Å². The van der Waals surface area contributed by atoms with E-state index in [0.717, 1.165) is 50.8 Å². The molecule has 0 spiro atoms. The predicted molar refractivity (Wildman–Crippen MR) is 184 cm³/mol. The molecule has 5 heteroatoms. The number of aromatic hydroxyl groups is 1. The van der Waals surface area contributed by atoms with Crippen molar-refractivity contribution in [2.45, 2.75) is 78.6 Å². The first-order valence-electron chi connectivity index (χ1n) is 15.3. The van der Waals surface area contributed by atoms with E-state index in [1.807, 2.05) is 48.5 Å². The number of hydrogen-bond donors (Lipinski definition) is 1. The van der Waals surface area contributed by atoms with E-state index in [4.69, 9.17) is 4.98 Å². The molecule has 5 aromatic rings. The molecule has 45 heavy (non-hydrogen) atoms. The number of nitrogens with zero attached hydrogens (tertiary/aromatic N) is 3. The topological polar surface area (TPSA) is 49.2 Å². The summed E-state index contributed by atoms with van der Waals surface area (Å²) in [6, 6.07) is 34.5. The predicted octanol–water partition coefficient (Wildman–Crippen LogP) is 10.7. The Hall–Kier alpha value is -3.75. The van der Waals surface area contributed by atoms with Crippen LogP contribution in [0.3, 0.4) is 0 Å². The van der Waals surface area contributed by atoms with E-state index >= 15 is 0 Å². The fourth-order valence-electron chi connectivity index (χ4n) is 5.27. The molecule has 0 aliphatic carbocycles. The SMILES string of the molecule is CC(C)(C)c1cc(-c2[c-]c(N(c3ccccc3)c3ccccn3)ccc2)nc(-c2cc(C(C)(C)C)cc(C(C)(C)C)c2O)c1.[Pt]. The molecule has 0 aliphatic heterocycles. The smallest absolute Gasteiger partial charge is 0.136 e. The van der Waals surface area contributed by atoms with Gasteiger partial charge in [0.25, 0.3) is 0 Å². The van der Waals surface area contributed by atoms with Crippen LogP contribution in [0, 0.1) is 6.07 Å². The van der Waals surface area contributed by atoms with Gasteiger partial charge in [0.05, 0.1) is 5.69 Å². The molecule has 0 unspecified atom stereocenters. The van der Waals surface area contributed by atoms with Crippen molar-refractivity contribution in [1.29, 1.82) is 0 Å². The van der Waals surface area contributed by atoms with Gasteiger partial charge in [-0.3, -0.25) is 4.98 Å². The molecule has 1 N–H and O–H groups in total. The number of aromatic nitrogens is 2. The van der Waals surface area contributed by atoms with Crippen LogP contribution >= 0.6 is 0 Å². The summed E-state index contributed by atoms with van der Waals surface area (Å²) in [5.74, 6) is 1.10. The molecule has 2 aromatic heterocycles. The maximum atomic E-state index is 11.7. The van der Waals surface area contributed by atoms with Gasteiger partial charge in [0.15, 0.2) is 0 Å². The quantitative estimate of drug-likeness (QED) is 0.181. The maximum absolute atomic E-state index is 11.7. The van der Waals surface area contributed by atoms with Gasteiger partial charge in [-0.2, -0.15) is 0 Å². The average molecular weight is 778 g/mol. The Morgan fingerprint density at radius 2 is 1.27 bits per heavy atom. The van der Waals surface area contributed by atoms with E-state index in [2.05, 4.69) is 121 Å². The van der Waals surface area contributed by atoms with E-state index in [9.17, 15) is 5.11 Å². The summed E-state index contributed by atoms with van der Waals surface area (Å²) in [5, 5.41) is 11.7. The molecule has 236 valence electrons. The average Bonchev–Trinajstić information content (AvgIpc) is 2.97.